The Morgan fingerprint density at radius 3 is 3.06 bits per heavy atom. The number of aromatic nitrogens is 2. The maximum absolute atomic E-state index is 10.9. The topological polar surface area (TPSA) is 67.6 Å². The second-order valence-corrected chi connectivity index (χ2v) is 4.52. The van der Waals surface area contributed by atoms with Crippen LogP contribution in [0.5, 0.6) is 0 Å². The van der Waals surface area contributed by atoms with Crippen molar-refractivity contribution in [3.05, 3.63) is 17.5 Å². The summed E-state index contributed by atoms with van der Waals surface area (Å²) in [6.45, 7) is 8.09. The Morgan fingerprint density at radius 2 is 2.44 bits per heavy atom. The summed E-state index contributed by atoms with van der Waals surface area (Å²) in [6, 6.07) is 0. The van der Waals surface area contributed by atoms with Crippen LogP contribution >= 0.6 is 0 Å². The fraction of sp³-hybridized carbons (Fsp3) is 0.667. The molecule has 1 N–H and O–H groups in total. The number of ether oxygens (including phenoxy) is 1. The first-order valence-corrected chi connectivity index (χ1v) is 6.21. The van der Waals surface area contributed by atoms with E-state index < -0.39 is 5.97 Å². The van der Waals surface area contributed by atoms with Crippen LogP contribution < -0.4 is 0 Å². The third kappa shape index (κ3) is 2.70. The van der Waals surface area contributed by atoms with Gasteiger partial charge in [0.25, 0.3) is 0 Å². The molecule has 100 valence electrons. The van der Waals surface area contributed by atoms with Crippen LogP contribution in [0.4, 0.5) is 0 Å². The summed E-state index contributed by atoms with van der Waals surface area (Å²) in [6.07, 6.45) is 1.48. The van der Waals surface area contributed by atoms with Crippen molar-refractivity contribution in [2.45, 2.75) is 26.5 Å². The summed E-state index contributed by atoms with van der Waals surface area (Å²) in [5.74, 6) is -0.932. The van der Waals surface area contributed by atoms with Gasteiger partial charge in [0.15, 0.2) is 0 Å². The molecule has 1 aliphatic heterocycles. The molecule has 1 atom stereocenters. The molecule has 1 aliphatic rings. The van der Waals surface area contributed by atoms with E-state index in [0.717, 1.165) is 26.2 Å². The SMILES string of the molecule is CCN1CCOC(Cn2ncc(C(=O)O)c2C)C1. The average molecular weight is 253 g/mol. The van der Waals surface area contributed by atoms with Gasteiger partial charge in [0, 0.05) is 18.8 Å². The second-order valence-electron chi connectivity index (χ2n) is 4.52. The zero-order valence-electron chi connectivity index (χ0n) is 10.8. The minimum absolute atomic E-state index is 0.0824. The minimum atomic E-state index is -0.932. The summed E-state index contributed by atoms with van der Waals surface area (Å²) < 4.78 is 7.40. The highest BCUT2D eigenvalue weighted by atomic mass is 16.5. The Kier molecular flexibility index (Phi) is 3.98. The first-order chi connectivity index (χ1) is 8.61. The lowest BCUT2D eigenvalue weighted by atomic mass is 10.2. The number of nitrogens with zero attached hydrogens (tertiary/aromatic N) is 3. The molecule has 0 spiro atoms. The Labute approximate surface area is 106 Å². The molecular formula is C12H19N3O3. The maximum atomic E-state index is 10.9. The number of carboxylic acid groups (broad SMARTS) is 1. The standard InChI is InChI=1S/C12H19N3O3/c1-3-14-4-5-18-10(7-14)8-15-9(2)11(6-13-15)12(16)17/h6,10H,3-5,7-8H2,1-2H3,(H,16,17). The van der Waals surface area contributed by atoms with Crippen LogP contribution in [0.1, 0.15) is 23.0 Å². The fourth-order valence-electron chi connectivity index (χ4n) is 2.21. The third-order valence-electron chi connectivity index (χ3n) is 3.38. The van der Waals surface area contributed by atoms with E-state index in [4.69, 9.17) is 9.84 Å². The molecule has 0 saturated carbocycles. The van der Waals surface area contributed by atoms with Gasteiger partial charge < -0.3 is 9.84 Å². The van der Waals surface area contributed by atoms with E-state index >= 15 is 0 Å². The van der Waals surface area contributed by atoms with Crippen LogP contribution in [0.2, 0.25) is 0 Å². The van der Waals surface area contributed by atoms with Crippen molar-refractivity contribution in [3.8, 4) is 0 Å². The number of carboxylic acids is 1. The molecular weight excluding hydrogens is 234 g/mol. The molecule has 18 heavy (non-hydrogen) atoms. The Bertz CT molecular complexity index is 430. The molecule has 0 aliphatic carbocycles. The van der Waals surface area contributed by atoms with Crippen LogP contribution in [0.15, 0.2) is 6.20 Å². The maximum Gasteiger partial charge on any atom is 0.339 e. The highest BCUT2D eigenvalue weighted by Crippen LogP contribution is 2.11. The molecule has 1 saturated heterocycles. The predicted molar refractivity (Wildman–Crippen MR) is 65.8 cm³/mol. The van der Waals surface area contributed by atoms with Gasteiger partial charge in [0.1, 0.15) is 5.56 Å². The summed E-state index contributed by atoms with van der Waals surface area (Å²) in [7, 11) is 0. The summed E-state index contributed by atoms with van der Waals surface area (Å²) in [5.41, 5.74) is 0.942. The summed E-state index contributed by atoms with van der Waals surface area (Å²) in [5, 5.41) is 13.1. The van der Waals surface area contributed by atoms with Crippen molar-refractivity contribution in [3.63, 3.8) is 0 Å². The van der Waals surface area contributed by atoms with Gasteiger partial charge in [-0.1, -0.05) is 6.92 Å². The highest BCUT2D eigenvalue weighted by Gasteiger charge is 2.21. The zero-order valence-corrected chi connectivity index (χ0v) is 10.8. The Hall–Kier alpha value is -1.40. The molecule has 6 nitrogen and oxygen atoms in total. The normalized spacial score (nSPS) is 21.1. The Balaban J connectivity index is 2.03. The van der Waals surface area contributed by atoms with Gasteiger partial charge in [-0.25, -0.2) is 4.79 Å². The van der Waals surface area contributed by atoms with E-state index in [1.165, 1.54) is 6.20 Å². The van der Waals surface area contributed by atoms with Crippen molar-refractivity contribution >= 4 is 5.97 Å². The number of hydrogen-bond donors (Lipinski definition) is 1. The monoisotopic (exact) mass is 253 g/mol. The van der Waals surface area contributed by atoms with Crippen molar-refractivity contribution in [1.82, 2.24) is 14.7 Å². The second kappa shape index (κ2) is 5.49. The molecule has 1 unspecified atom stereocenters. The number of morpholine rings is 1. The van der Waals surface area contributed by atoms with Crippen LogP contribution in [0.3, 0.4) is 0 Å². The van der Waals surface area contributed by atoms with Crippen molar-refractivity contribution < 1.29 is 14.6 Å². The quantitative estimate of drug-likeness (QED) is 0.851. The van der Waals surface area contributed by atoms with E-state index in [0.29, 0.717) is 12.2 Å². The lowest BCUT2D eigenvalue weighted by molar-refractivity contribution is -0.0360. The summed E-state index contributed by atoms with van der Waals surface area (Å²) >= 11 is 0. The van der Waals surface area contributed by atoms with E-state index in [9.17, 15) is 4.79 Å². The molecule has 6 heteroatoms. The van der Waals surface area contributed by atoms with Crippen molar-refractivity contribution in [2.24, 2.45) is 0 Å². The molecule has 0 radical (unpaired) electrons. The Morgan fingerprint density at radius 1 is 1.67 bits per heavy atom. The first kappa shape index (κ1) is 13.0. The average Bonchev–Trinajstić information content (AvgIpc) is 2.71. The molecule has 2 heterocycles. The summed E-state index contributed by atoms with van der Waals surface area (Å²) in [4.78, 5) is 13.3. The van der Waals surface area contributed by atoms with Crippen LogP contribution in [0.25, 0.3) is 0 Å². The number of rotatable bonds is 4. The largest absolute Gasteiger partial charge is 0.478 e. The lowest BCUT2D eigenvalue weighted by Gasteiger charge is -2.32. The molecule has 2 rings (SSSR count). The third-order valence-corrected chi connectivity index (χ3v) is 3.38. The van der Waals surface area contributed by atoms with E-state index in [1.54, 1.807) is 11.6 Å². The van der Waals surface area contributed by atoms with Gasteiger partial charge in [0.2, 0.25) is 0 Å². The van der Waals surface area contributed by atoms with Crippen LogP contribution in [-0.4, -0.2) is 58.1 Å². The van der Waals surface area contributed by atoms with Gasteiger partial charge in [0.05, 0.1) is 25.5 Å². The van der Waals surface area contributed by atoms with Gasteiger partial charge in [-0.05, 0) is 13.5 Å². The van der Waals surface area contributed by atoms with E-state index in [-0.39, 0.29) is 11.7 Å². The molecule has 0 amide bonds. The van der Waals surface area contributed by atoms with E-state index in [2.05, 4.69) is 16.9 Å². The molecule has 1 aromatic heterocycles. The highest BCUT2D eigenvalue weighted by molar-refractivity contribution is 5.88. The lowest BCUT2D eigenvalue weighted by Crippen LogP contribution is -2.44. The van der Waals surface area contributed by atoms with Crippen molar-refractivity contribution in [2.75, 3.05) is 26.2 Å². The van der Waals surface area contributed by atoms with Gasteiger partial charge >= 0.3 is 5.97 Å². The van der Waals surface area contributed by atoms with Crippen LogP contribution in [-0.2, 0) is 11.3 Å². The molecule has 0 aromatic carbocycles. The number of carbonyl (C=O) groups is 1. The molecule has 0 bridgehead atoms. The predicted octanol–water partition coefficient (Wildman–Crippen LogP) is 0.610. The van der Waals surface area contributed by atoms with E-state index in [1.807, 2.05) is 0 Å². The minimum Gasteiger partial charge on any atom is -0.478 e. The fourth-order valence-corrected chi connectivity index (χ4v) is 2.21. The van der Waals surface area contributed by atoms with Gasteiger partial charge in [-0.3, -0.25) is 9.58 Å². The smallest absolute Gasteiger partial charge is 0.339 e. The zero-order chi connectivity index (χ0) is 13.1. The number of hydrogen-bond acceptors (Lipinski definition) is 4. The van der Waals surface area contributed by atoms with Gasteiger partial charge in [-0.15, -0.1) is 0 Å². The number of aromatic carboxylic acids is 1. The van der Waals surface area contributed by atoms with Crippen LogP contribution in [0, 0.1) is 6.92 Å². The van der Waals surface area contributed by atoms with Gasteiger partial charge in [-0.2, -0.15) is 5.10 Å². The number of likely N-dealkylation sites (N-methyl/N-ethyl adjacent to an activating group) is 1. The molecule has 1 fully saturated rings. The van der Waals surface area contributed by atoms with Crippen molar-refractivity contribution in [1.29, 1.82) is 0 Å². The first-order valence-electron chi connectivity index (χ1n) is 6.21. The molecule has 1 aromatic rings.